The summed E-state index contributed by atoms with van der Waals surface area (Å²) in [6.07, 6.45) is 2.75. The topological polar surface area (TPSA) is 15.3 Å². The lowest BCUT2D eigenvalue weighted by atomic mass is 10.2. The molecule has 2 heterocycles. The Hall–Kier alpha value is 0.1000. The van der Waals surface area contributed by atoms with Crippen LogP contribution in [0.25, 0.3) is 0 Å². The highest BCUT2D eigenvalue weighted by Crippen LogP contribution is 2.25. The van der Waals surface area contributed by atoms with Crippen molar-refractivity contribution in [3.05, 3.63) is 20.8 Å². The molecule has 2 nitrogen and oxygen atoms in total. The summed E-state index contributed by atoms with van der Waals surface area (Å²) in [5, 5.41) is 5.84. The van der Waals surface area contributed by atoms with Crippen LogP contribution in [0.5, 0.6) is 0 Å². The van der Waals surface area contributed by atoms with Gasteiger partial charge in [-0.05, 0) is 61.8 Å². The summed E-state index contributed by atoms with van der Waals surface area (Å²) in [5.41, 5.74) is 0. The predicted octanol–water partition coefficient (Wildman–Crippen LogP) is 3.65. The lowest BCUT2D eigenvalue weighted by Gasteiger charge is -2.24. The van der Waals surface area contributed by atoms with Gasteiger partial charge >= 0.3 is 0 Å². The van der Waals surface area contributed by atoms with Crippen molar-refractivity contribution in [2.75, 3.05) is 19.6 Å². The Morgan fingerprint density at radius 2 is 2.12 bits per heavy atom. The van der Waals surface area contributed by atoms with Crippen LogP contribution in [0.4, 0.5) is 0 Å². The summed E-state index contributed by atoms with van der Waals surface area (Å²) in [5.74, 6) is 0. The molecule has 0 spiro atoms. The average molecular weight is 317 g/mol. The molecule has 1 aromatic heterocycles. The summed E-state index contributed by atoms with van der Waals surface area (Å²) in [4.78, 5) is 3.97. The largest absolute Gasteiger partial charge is 0.306 e. The van der Waals surface area contributed by atoms with E-state index in [1.165, 1.54) is 41.8 Å². The van der Waals surface area contributed by atoms with Crippen LogP contribution < -0.4 is 5.32 Å². The van der Waals surface area contributed by atoms with Crippen LogP contribution in [0.2, 0.25) is 0 Å². The number of likely N-dealkylation sites (tertiary alicyclic amines) is 1. The molecular weight excluding hydrogens is 296 g/mol. The van der Waals surface area contributed by atoms with E-state index in [4.69, 9.17) is 0 Å². The van der Waals surface area contributed by atoms with Gasteiger partial charge in [0.25, 0.3) is 0 Å². The molecule has 0 bridgehead atoms. The van der Waals surface area contributed by atoms with Crippen molar-refractivity contribution in [1.82, 2.24) is 10.2 Å². The lowest BCUT2D eigenvalue weighted by molar-refractivity contribution is 0.290. The molecule has 1 N–H and O–H groups in total. The standard InChI is InChI=1S/C13H21BrN2S/c1-10(8-16-5-3-4-6-16)15-11(2)13-7-12(14)9-17-13/h7,9-11,15H,3-6,8H2,1-2H3. The van der Waals surface area contributed by atoms with Crippen molar-refractivity contribution in [3.63, 3.8) is 0 Å². The maximum absolute atomic E-state index is 3.68. The van der Waals surface area contributed by atoms with Crippen molar-refractivity contribution >= 4 is 27.3 Å². The minimum absolute atomic E-state index is 0.448. The second-order valence-corrected chi connectivity index (χ2v) is 6.82. The lowest BCUT2D eigenvalue weighted by Crippen LogP contribution is -2.38. The van der Waals surface area contributed by atoms with Gasteiger partial charge in [0.15, 0.2) is 0 Å². The van der Waals surface area contributed by atoms with E-state index in [2.05, 4.69) is 51.4 Å². The summed E-state index contributed by atoms with van der Waals surface area (Å²) < 4.78 is 1.19. The fourth-order valence-corrected chi connectivity index (χ4v) is 3.93. The summed E-state index contributed by atoms with van der Waals surface area (Å²) >= 11 is 5.33. The van der Waals surface area contributed by atoms with Gasteiger partial charge in [-0.2, -0.15) is 0 Å². The van der Waals surface area contributed by atoms with Crippen molar-refractivity contribution in [3.8, 4) is 0 Å². The van der Waals surface area contributed by atoms with Crippen molar-refractivity contribution in [2.24, 2.45) is 0 Å². The van der Waals surface area contributed by atoms with E-state index in [0.29, 0.717) is 12.1 Å². The van der Waals surface area contributed by atoms with Gasteiger partial charge in [-0.3, -0.25) is 0 Å². The number of nitrogens with zero attached hydrogens (tertiary/aromatic N) is 1. The van der Waals surface area contributed by atoms with Crippen LogP contribution in [-0.4, -0.2) is 30.6 Å². The zero-order valence-corrected chi connectivity index (χ0v) is 13.0. The van der Waals surface area contributed by atoms with E-state index in [-0.39, 0.29) is 0 Å². The second kappa shape index (κ2) is 6.32. The van der Waals surface area contributed by atoms with Gasteiger partial charge in [0.2, 0.25) is 0 Å². The van der Waals surface area contributed by atoms with Gasteiger partial charge in [-0.15, -0.1) is 11.3 Å². The maximum atomic E-state index is 3.68. The van der Waals surface area contributed by atoms with Gasteiger partial charge in [0.1, 0.15) is 0 Å². The Morgan fingerprint density at radius 3 is 2.71 bits per heavy atom. The fraction of sp³-hybridized carbons (Fsp3) is 0.692. The molecule has 1 fully saturated rings. The highest BCUT2D eigenvalue weighted by molar-refractivity contribution is 9.10. The first-order valence-electron chi connectivity index (χ1n) is 6.37. The zero-order chi connectivity index (χ0) is 12.3. The molecule has 1 aliphatic heterocycles. The highest BCUT2D eigenvalue weighted by atomic mass is 79.9. The van der Waals surface area contributed by atoms with Crippen LogP contribution in [0.15, 0.2) is 15.9 Å². The molecule has 0 radical (unpaired) electrons. The van der Waals surface area contributed by atoms with Crippen LogP contribution in [0.3, 0.4) is 0 Å². The number of hydrogen-bond donors (Lipinski definition) is 1. The zero-order valence-electron chi connectivity index (χ0n) is 10.6. The summed E-state index contributed by atoms with van der Waals surface area (Å²) in [6, 6.07) is 3.22. The first kappa shape index (κ1) is 13.5. The molecule has 1 aromatic rings. The average Bonchev–Trinajstić information content (AvgIpc) is 2.89. The number of nitrogens with one attached hydrogen (secondary N) is 1. The van der Waals surface area contributed by atoms with Crippen molar-refractivity contribution in [1.29, 1.82) is 0 Å². The SMILES string of the molecule is CC(CN1CCCC1)NC(C)c1cc(Br)cs1. The van der Waals surface area contributed by atoms with Gasteiger partial charge in [0.05, 0.1) is 0 Å². The van der Waals surface area contributed by atoms with Crippen LogP contribution in [-0.2, 0) is 0 Å². The van der Waals surface area contributed by atoms with Crippen molar-refractivity contribution < 1.29 is 0 Å². The normalized spacial score (nSPS) is 20.6. The van der Waals surface area contributed by atoms with Gasteiger partial charge in [0, 0.05) is 33.4 Å². The van der Waals surface area contributed by atoms with Crippen molar-refractivity contribution in [2.45, 2.75) is 38.8 Å². The molecule has 0 aromatic carbocycles. The van der Waals surface area contributed by atoms with Gasteiger partial charge < -0.3 is 10.2 Å². The van der Waals surface area contributed by atoms with Crippen LogP contribution in [0.1, 0.15) is 37.6 Å². The third-order valence-electron chi connectivity index (χ3n) is 3.28. The molecule has 2 rings (SSSR count). The third-order valence-corrected chi connectivity index (χ3v) is 5.16. The minimum Gasteiger partial charge on any atom is -0.306 e. The first-order chi connectivity index (χ1) is 8.15. The second-order valence-electron chi connectivity index (χ2n) is 4.96. The molecule has 0 amide bonds. The molecule has 0 aliphatic carbocycles. The molecule has 2 unspecified atom stereocenters. The monoisotopic (exact) mass is 316 g/mol. The molecule has 2 atom stereocenters. The molecule has 4 heteroatoms. The Bertz CT molecular complexity index is 347. The van der Waals surface area contributed by atoms with E-state index < -0.39 is 0 Å². The van der Waals surface area contributed by atoms with E-state index in [1.54, 1.807) is 0 Å². The maximum Gasteiger partial charge on any atom is 0.0389 e. The Morgan fingerprint density at radius 1 is 1.41 bits per heavy atom. The highest BCUT2D eigenvalue weighted by Gasteiger charge is 2.16. The predicted molar refractivity (Wildman–Crippen MR) is 78.7 cm³/mol. The number of halogens is 1. The smallest absolute Gasteiger partial charge is 0.0389 e. The summed E-state index contributed by atoms with van der Waals surface area (Å²) in [6.45, 7) is 8.28. The Kier molecular flexibility index (Phi) is 5.03. The molecule has 1 saturated heterocycles. The minimum atomic E-state index is 0.448. The number of thiophene rings is 1. The van der Waals surface area contributed by atoms with E-state index >= 15 is 0 Å². The summed E-state index contributed by atoms with van der Waals surface area (Å²) in [7, 11) is 0. The van der Waals surface area contributed by atoms with E-state index in [0.717, 1.165) is 0 Å². The molecule has 17 heavy (non-hydrogen) atoms. The van der Waals surface area contributed by atoms with Gasteiger partial charge in [-0.25, -0.2) is 0 Å². The fourth-order valence-electron chi connectivity index (χ4n) is 2.47. The number of rotatable bonds is 5. The van der Waals surface area contributed by atoms with Crippen LogP contribution in [0, 0.1) is 0 Å². The quantitative estimate of drug-likeness (QED) is 0.892. The Balaban J connectivity index is 1.79. The molecule has 96 valence electrons. The number of hydrogen-bond acceptors (Lipinski definition) is 3. The Labute approximate surface area is 117 Å². The van der Waals surface area contributed by atoms with E-state index in [9.17, 15) is 0 Å². The first-order valence-corrected chi connectivity index (χ1v) is 8.05. The van der Waals surface area contributed by atoms with Gasteiger partial charge in [-0.1, -0.05) is 0 Å². The molecule has 1 aliphatic rings. The molecule has 0 saturated carbocycles. The van der Waals surface area contributed by atoms with Crippen LogP contribution >= 0.6 is 27.3 Å². The third kappa shape index (κ3) is 4.05. The molecular formula is C13H21BrN2S. The van der Waals surface area contributed by atoms with E-state index in [1.807, 2.05) is 11.3 Å².